The molecule has 2 unspecified atom stereocenters. The predicted molar refractivity (Wildman–Crippen MR) is 436 cm³/mol. The van der Waals surface area contributed by atoms with E-state index in [1.54, 1.807) is 0 Å². The Labute approximate surface area is 643 Å². The van der Waals surface area contributed by atoms with E-state index in [1.807, 2.05) is 18.2 Å². The van der Waals surface area contributed by atoms with E-state index >= 15 is 0 Å². The largest absolute Gasteiger partial charge is 0.472 e. The number of phosphoric ester groups is 2. The summed E-state index contributed by atoms with van der Waals surface area (Å²) in [5.41, 5.74) is 0. The monoisotopic (exact) mass is 1530 g/mol. The average molecular weight is 1530 g/mol. The second-order valence-electron chi connectivity index (χ2n) is 27.0. The number of aliphatic hydroxyl groups excluding tert-OH is 1. The van der Waals surface area contributed by atoms with Crippen LogP contribution in [0.4, 0.5) is 0 Å². The molecule has 0 saturated heterocycles. The molecule has 0 amide bonds. The molecule has 0 aliphatic heterocycles. The van der Waals surface area contributed by atoms with Crippen LogP contribution in [0.5, 0.6) is 0 Å². The number of carbonyl (C=O) groups is 4. The number of rotatable bonds is 76. The molecule has 0 saturated carbocycles. The first kappa shape index (κ1) is 101. The Morgan fingerprint density at radius 2 is 0.509 bits per heavy atom. The van der Waals surface area contributed by atoms with Crippen LogP contribution in [-0.4, -0.2) is 96.7 Å². The molecule has 106 heavy (non-hydrogen) atoms. The van der Waals surface area contributed by atoms with Crippen molar-refractivity contribution in [2.24, 2.45) is 0 Å². The molecule has 0 fully saturated rings. The number of aliphatic hydroxyl groups is 1. The highest BCUT2D eigenvalue weighted by molar-refractivity contribution is 7.47. The molecule has 0 aliphatic rings. The summed E-state index contributed by atoms with van der Waals surface area (Å²) in [6.45, 7) is 4.58. The summed E-state index contributed by atoms with van der Waals surface area (Å²) in [4.78, 5) is 73.0. The third kappa shape index (κ3) is 77.1. The van der Waals surface area contributed by atoms with Crippen LogP contribution in [0, 0.1) is 0 Å². The van der Waals surface area contributed by atoms with Gasteiger partial charge in [-0.2, -0.15) is 0 Å². The first-order chi connectivity index (χ1) is 51.7. The Hall–Kier alpha value is -5.06. The Bertz CT molecular complexity index is 2580. The molecule has 0 bridgehead atoms. The molecule has 0 rings (SSSR count). The first-order valence-electron chi connectivity index (χ1n) is 41.1. The molecular weight excluding hydrogens is 1380 g/mol. The first-order valence-corrected chi connectivity index (χ1v) is 44.1. The number of ether oxygens (including phenoxy) is 4. The summed E-state index contributed by atoms with van der Waals surface area (Å²) in [6.07, 6.45) is 89.8. The third-order valence-electron chi connectivity index (χ3n) is 16.8. The fourth-order valence-electron chi connectivity index (χ4n) is 10.5. The maximum atomic E-state index is 13.1. The van der Waals surface area contributed by atoms with Gasteiger partial charge in [-0.15, -0.1) is 0 Å². The standard InChI is InChI=1S/C87H146O17P2/c1-5-9-13-17-21-25-29-33-36-38-40-42-45-49-52-56-60-64-68-72-85(90)98-78-83(104-87(92)74-70-66-62-58-54-50-46-43-41-39-37-34-30-26-22-18-14-10-6-2)80-102-106(95,96)100-76-81(88)75-99-105(93,94)101-79-82(103-86(91)73-69-65-61-57-53-47-32-28-24-20-16-12-8-4)77-97-84(89)71-67-63-59-55-51-48-44-35-31-27-23-19-15-11-7-3/h9,13,21-22,25-28,31-34,36-37,40-43,49-50,52,54,62,66,81-83,88H,5-8,10-12,14-20,23-24,29-30,35,38-39,44-48,51,53,55-61,63-65,67-80H2,1-4H3,(H,93,94)(H,95,96)/b13-9-,25-21-,26-22-,31-27-,32-28-,36-33-,37-34-,42-40-,43-41-,52-49-,54-50-,66-62-/t81-,82+,83+/m0/s1. The molecule has 0 radical (unpaired) electrons. The van der Waals surface area contributed by atoms with Gasteiger partial charge in [0.1, 0.15) is 19.3 Å². The molecule has 17 nitrogen and oxygen atoms in total. The van der Waals surface area contributed by atoms with Gasteiger partial charge in [0.15, 0.2) is 12.2 Å². The molecule has 0 aromatic rings. The van der Waals surface area contributed by atoms with Crippen LogP contribution in [0.15, 0.2) is 146 Å². The Balaban J connectivity index is 5.48. The molecule has 3 N–H and O–H groups in total. The van der Waals surface area contributed by atoms with Crippen LogP contribution >= 0.6 is 15.6 Å². The minimum Gasteiger partial charge on any atom is -0.462 e. The van der Waals surface area contributed by atoms with Crippen molar-refractivity contribution in [3.63, 3.8) is 0 Å². The summed E-state index contributed by atoms with van der Waals surface area (Å²) in [5, 5.41) is 10.6. The van der Waals surface area contributed by atoms with Gasteiger partial charge in [0.05, 0.1) is 26.4 Å². The van der Waals surface area contributed by atoms with Crippen molar-refractivity contribution in [3.05, 3.63) is 146 Å². The Morgan fingerprint density at radius 3 is 0.849 bits per heavy atom. The normalized spacial score (nSPS) is 14.6. The fourth-order valence-corrected chi connectivity index (χ4v) is 12.1. The number of unbranched alkanes of at least 4 members (excludes halogenated alkanes) is 26. The number of phosphoric acid groups is 2. The lowest BCUT2D eigenvalue weighted by molar-refractivity contribution is -0.161. The number of allylic oxidation sites excluding steroid dienone is 24. The highest BCUT2D eigenvalue weighted by atomic mass is 31.2. The molecular formula is C87H146O17P2. The fraction of sp³-hybridized carbons (Fsp3) is 0.678. The summed E-state index contributed by atoms with van der Waals surface area (Å²) in [7, 11) is -10.0. The van der Waals surface area contributed by atoms with E-state index in [4.69, 9.17) is 37.0 Å². The Morgan fingerprint density at radius 1 is 0.274 bits per heavy atom. The number of hydrogen-bond acceptors (Lipinski definition) is 15. The van der Waals surface area contributed by atoms with Crippen molar-refractivity contribution in [1.82, 2.24) is 0 Å². The van der Waals surface area contributed by atoms with Gasteiger partial charge in [-0.25, -0.2) is 9.13 Å². The smallest absolute Gasteiger partial charge is 0.462 e. The van der Waals surface area contributed by atoms with Crippen LogP contribution in [0.2, 0.25) is 0 Å². The summed E-state index contributed by atoms with van der Waals surface area (Å²) >= 11 is 0. The van der Waals surface area contributed by atoms with Crippen molar-refractivity contribution >= 4 is 39.5 Å². The maximum absolute atomic E-state index is 13.1. The second-order valence-corrected chi connectivity index (χ2v) is 29.9. The Kier molecular flexibility index (Phi) is 74.3. The molecule has 0 aromatic heterocycles. The predicted octanol–water partition coefficient (Wildman–Crippen LogP) is 24.2. The average Bonchev–Trinajstić information content (AvgIpc) is 0.903. The number of hydrogen-bond donors (Lipinski definition) is 3. The van der Waals surface area contributed by atoms with E-state index < -0.39 is 97.5 Å². The van der Waals surface area contributed by atoms with Gasteiger partial charge in [0.25, 0.3) is 0 Å². The zero-order valence-corrected chi connectivity index (χ0v) is 68.1. The number of carbonyl (C=O) groups excluding carboxylic acids is 4. The van der Waals surface area contributed by atoms with Gasteiger partial charge < -0.3 is 33.8 Å². The lowest BCUT2D eigenvalue weighted by Gasteiger charge is -2.21. The van der Waals surface area contributed by atoms with Crippen LogP contribution in [0.1, 0.15) is 323 Å². The molecule has 0 heterocycles. The summed E-state index contributed by atoms with van der Waals surface area (Å²) in [6, 6.07) is 0. The van der Waals surface area contributed by atoms with E-state index in [0.717, 1.165) is 154 Å². The quantitative estimate of drug-likeness (QED) is 0.0169. The van der Waals surface area contributed by atoms with Crippen LogP contribution in [0.3, 0.4) is 0 Å². The number of esters is 4. The van der Waals surface area contributed by atoms with Crippen LogP contribution < -0.4 is 0 Å². The van der Waals surface area contributed by atoms with Crippen LogP contribution in [-0.2, 0) is 65.4 Å². The zero-order chi connectivity index (χ0) is 77.4. The van der Waals surface area contributed by atoms with Gasteiger partial charge >= 0.3 is 39.5 Å². The van der Waals surface area contributed by atoms with E-state index in [9.17, 15) is 43.2 Å². The van der Waals surface area contributed by atoms with Gasteiger partial charge in [-0.05, 0) is 161 Å². The highest BCUT2D eigenvalue weighted by Crippen LogP contribution is 2.45. The molecule has 19 heteroatoms. The van der Waals surface area contributed by atoms with Crippen LogP contribution in [0.25, 0.3) is 0 Å². The lowest BCUT2D eigenvalue weighted by atomic mass is 10.1. The molecule has 0 aliphatic carbocycles. The van der Waals surface area contributed by atoms with Crippen molar-refractivity contribution in [2.45, 2.75) is 341 Å². The zero-order valence-electron chi connectivity index (χ0n) is 66.3. The molecule has 5 atom stereocenters. The SMILES string of the molecule is CC/C=C\C/C=C\C/C=C\C/C=C\C/C=C\CCCCCC(=O)OC[C@H](COP(=O)(O)OC[C@@H](O)COP(=O)(O)OC[C@@H](COC(=O)CCCCCCCCC/C=C\CCCCCC)OC(=O)CCCCCCC/C=C\CCCCCC)OC(=O)CC/C=C\C/C=C\C/C=C\C/C=C\C/C=C\CCCCC. The minimum atomic E-state index is -5.01. The summed E-state index contributed by atoms with van der Waals surface area (Å²) < 4.78 is 68.5. The van der Waals surface area contributed by atoms with Gasteiger partial charge in [-0.1, -0.05) is 283 Å². The van der Waals surface area contributed by atoms with E-state index in [2.05, 4.69) is 155 Å². The van der Waals surface area contributed by atoms with E-state index in [1.165, 1.54) is 83.5 Å². The van der Waals surface area contributed by atoms with Crippen molar-refractivity contribution in [1.29, 1.82) is 0 Å². The minimum absolute atomic E-state index is 0.0405. The second kappa shape index (κ2) is 78.1. The van der Waals surface area contributed by atoms with E-state index in [-0.39, 0.29) is 25.7 Å². The topological polar surface area (TPSA) is 237 Å². The van der Waals surface area contributed by atoms with E-state index in [0.29, 0.717) is 32.1 Å². The van der Waals surface area contributed by atoms with Crippen molar-refractivity contribution in [2.75, 3.05) is 39.6 Å². The van der Waals surface area contributed by atoms with Gasteiger partial charge in [0, 0.05) is 25.7 Å². The lowest BCUT2D eigenvalue weighted by Crippen LogP contribution is -2.30. The van der Waals surface area contributed by atoms with Crippen molar-refractivity contribution in [3.8, 4) is 0 Å². The van der Waals surface area contributed by atoms with Gasteiger partial charge in [0.2, 0.25) is 0 Å². The third-order valence-corrected chi connectivity index (χ3v) is 18.7. The molecule has 0 aromatic carbocycles. The summed E-state index contributed by atoms with van der Waals surface area (Å²) in [5.74, 6) is -2.32. The maximum Gasteiger partial charge on any atom is 0.472 e. The molecule has 0 spiro atoms. The van der Waals surface area contributed by atoms with Crippen molar-refractivity contribution < 1.29 is 80.2 Å². The highest BCUT2D eigenvalue weighted by Gasteiger charge is 2.30. The van der Waals surface area contributed by atoms with Gasteiger partial charge in [-0.3, -0.25) is 37.3 Å². The molecule has 606 valence electrons.